The Morgan fingerprint density at radius 3 is 2.65 bits per heavy atom. The third-order valence-electron chi connectivity index (χ3n) is 3.61. The molecule has 1 aliphatic rings. The summed E-state index contributed by atoms with van der Waals surface area (Å²) in [4.78, 5) is 37.2. The number of phenols is 1. The predicted molar refractivity (Wildman–Crippen MR) is 96.4 cm³/mol. The largest absolute Gasteiger partial charge is 0.507 e. The number of hydrogen-bond acceptors (Lipinski definition) is 4. The Labute approximate surface area is 153 Å². The molecule has 1 aliphatic heterocycles. The normalized spacial score (nSPS) is 15.3. The van der Waals surface area contributed by atoms with Crippen molar-refractivity contribution in [1.29, 1.82) is 0 Å². The molecule has 0 bridgehead atoms. The van der Waals surface area contributed by atoms with Gasteiger partial charge in [0.05, 0.1) is 0 Å². The summed E-state index contributed by atoms with van der Waals surface area (Å²) >= 11 is 5.87. The number of rotatable bonds is 4. The lowest BCUT2D eigenvalue weighted by molar-refractivity contribution is -0.127. The molecule has 8 heteroatoms. The summed E-state index contributed by atoms with van der Waals surface area (Å²) in [6, 6.07) is 12.3. The molecule has 0 unspecified atom stereocenters. The molecule has 26 heavy (non-hydrogen) atoms. The third kappa shape index (κ3) is 3.84. The zero-order valence-corrected chi connectivity index (χ0v) is 14.2. The summed E-state index contributed by atoms with van der Waals surface area (Å²) in [5.41, 5.74) is 0.779. The van der Waals surface area contributed by atoms with Crippen molar-refractivity contribution >= 4 is 41.2 Å². The van der Waals surface area contributed by atoms with Crippen LogP contribution in [0.25, 0.3) is 6.08 Å². The summed E-state index contributed by atoms with van der Waals surface area (Å²) in [7, 11) is 0. The second kappa shape index (κ2) is 7.28. The van der Waals surface area contributed by atoms with Crippen molar-refractivity contribution in [2.24, 2.45) is 0 Å². The van der Waals surface area contributed by atoms with Crippen LogP contribution in [0.1, 0.15) is 5.56 Å². The Kier molecular flexibility index (Phi) is 4.90. The minimum Gasteiger partial charge on any atom is -0.507 e. The van der Waals surface area contributed by atoms with Crippen LogP contribution in [0.2, 0.25) is 5.02 Å². The Balaban J connectivity index is 1.73. The van der Waals surface area contributed by atoms with Crippen LogP contribution in [0.3, 0.4) is 0 Å². The highest BCUT2D eigenvalue weighted by Crippen LogP contribution is 2.25. The number of phenolic OH excluding ortho intramolecular Hbond substituents is 1. The van der Waals surface area contributed by atoms with Gasteiger partial charge in [0.1, 0.15) is 18.0 Å². The molecule has 4 amide bonds. The molecule has 0 saturated carbocycles. The first kappa shape index (κ1) is 17.5. The molecule has 0 aromatic heterocycles. The first-order chi connectivity index (χ1) is 12.4. The second-order valence-electron chi connectivity index (χ2n) is 5.50. The van der Waals surface area contributed by atoms with Gasteiger partial charge in [0.2, 0.25) is 5.91 Å². The topological polar surface area (TPSA) is 98.7 Å². The number of carbonyl (C=O) groups excluding carboxylic acids is 3. The molecule has 7 nitrogen and oxygen atoms in total. The van der Waals surface area contributed by atoms with Crippen molar-refractivity contribution in [3.05, 3.63) is 64.8 Å². The number of benzene rings is 2. The van der Waals surface area contributed by atoms with Crippen molar-refractivity contribution < 1.29 is 19.5 Å². The molecule has 1 saturated heterocycles. The molecular formula is C18H14ClN3O4. The van der Waals surface area contributed by atoms with E-state index >= 15 is 0 Å². The highest BCUT2D eigenvalue weighted by molar-refractivity contribution is 6.30. The van der Waals surface area contributed by atoms with E-state index in [1.165, 1.54) is 24.3 Å². The predicted octanol–water partition coefficient (Wildman–Crippen LogP) is 2.58. The molecule has 0 spiro atoms. The Morgan fingerprint density at radius 1 is 1.19 bits per heavy atom. The minimum absolute atomic E-state index is 0.0555. The monoisotopic (exact) mass is 371 g/mol. The number of para-hydroxylation sites is 1. The second-order valence-corrected chi connectivity index (χ2v) is 5.93. The SMILES string of the molecule is O=C(CN1C(=O)N/C(=C\c2cc(Cl)ccc2O)C1=O)Nc1ccccc1. The van der Waals surface area contributed by atoms with Gasteiger partial charge in [-0.2, -0.15) is 0 Å². The van der Waals surface area contributed by atoms with Crippen molar-refractivity contribution in [2.75, 3.05) is 11.9 Å². The Morgan fingerprint density at radius 2 is 1.92 bits per heavy atom. The maximum Gasteiger partial charge on any atom is 0.329 e. The Bertz CT molecular complexity index is 912. The number of nitrogens with zero attached hydrogens (tertiary/aromatic N) is 1. The summed E-state index contributed by atoms with van der Waals surface area (Å²) in [5, 5.41) is 15.2. The van der Waals surface area contributed by atoms with E-state index in [9.17, 15) is 19.5 Å². The smallest absolute Gasteiger partial charge is 0.329 e. The fourth-order valence-corrected chi connectivity index (χ4v) is 2.56. The van der Waals surface area contributed by atoms with Crippen LogP contribution in [0.15, 0.2) is 54.2 Å². The number of hydrogen-bond donors (Lipinski definition) is 3. The van der Waals surface area contributed by atoms with Crippen LogP contribution < -0.4 is 10.6 Å². The van der Waals surface area contributed by atoms with Crippen molar-refractivity contribution in [3.63, 3.8) is 0 Å². The summed E-state index contributed by atoms with van der Waals surface area (Å²) in [5.74, 6) is -1.27. The number of halogens is 1. The van der Waals surface area contributed by atoms with E-state index < -0.39 is 24.4 Å². The van der Waals surface area contributed by atoms with Crippen LogP contribution in [-0.4, -0.2) is 34.4 Å². The van der Waals surface area contributed by atoms with E-state index in [2.05, 4.69) is 10.6 Å². The molecule has 0 aliphatic carbocycles. The molecular weight excluding hydrogens is 358 g/mol. The summed E-state index contributed by atoms with van der Waals surface area (Å²) in [6.07, 6.45) is 1.30. The number of anilines is 1. The zero-order chi connectivity index (χ0) is 18.7. The van der Waals surface area contributed by atoms with E-state index in [-0.39, 0.29) is 17.0 Å². The molecule has 3 N–H and O–H groups in total. The number of imide groups is 1. The van der Waals surface area contributed by atoms with E-state index in [4.69, 9.17) is 11.6 Å². The lowest BCUT2D eigenvalue weighted by Crippen LogP contribution is -2.38. The van der Waals surface area contributed by atoms with Crippen LogP contribution >= 0.6 is 11.6 Å². The van der Waals surface area contributed by atoms with Crippen LogP contribution in [0, 0.1) is 0 Å². The van der Waals surface area contributed by atoms with E-state index in [0.29, 0.717) is 10.7 Å². The molecule has 3 rings (SSSR count). The molecule has 0 atom stereocenters. The highest BCUT2D eigenvalue weighted by Gasteiger charge is 2.35. The van der Waals surface area contributed by atoms with Gasteiger partial charge in [-0.3, -0.25) is 9.59 Å². The van der Waals surface area contributed by atoms with Gasteiger partial charge in [-0.1, -0.05) is 29.8 Å². The van der Waals surface area contributed by atoms with Gasteiger partial charge in [-0.15, -0.1) is 0 Å². The highest BCUT2D eigenvalue weighted by atomic mass is 35.5. The molecule has 1 fully saturated rings. The number of aromatic hydroxyl groups is 1. The van der Waals surface area contributed by atoms with Crippen LogP contribution in [0.4, 0.5) is 10.5 Å². The van der Waals surface area contributed by atoms with Crippen LogP contribution in [-0.2, 0) is 9.59 Å². The molecule has 132 valence electrons. The van der Waals surface area contributed by atoms with E-state index in [0.717, 1.165) is 4.90 Å². The molecule has 1 heterocycles. The maximum atomic E-state index is 12.4. The fourth-order valence-electron chi connectivity index (χ4n) is 2.38. The molecule has 0 radical (unpaired) electrons. The van der Waals surface area contributed by atoms with Gasteiger partial charge >= 0.3 is 6.03 Å². The average molecular weight is 372 g/mol. The standard InChI is InChI=1S/C18H14ClN3O4/c19-12-6-7-15(23)11(8-12)9-14-17(25)22(18(26)21-14)10-16(24)20-13-4-2-1-3-5-13/h1-9,23H,10H2,(H,20,24)(H,21,26)/b14-9-. The first-order valence-electron chi connectivity index (χ1n) is 7.62. The van der Waals surface area contributed by atoms with Gasteiger partial charge in [0.15, 0.2) is 0 Å². The first-order valence-corrected chi connectivity index (χ1v) is 8.00. The summed E-state index contributed by atoms with van der Waals surface area (Å²) < 4.78 is 0. The lowest BCUT2D eigenvalue weighted by Gasteiger charge is -2.11. The number of nitrogens with one attached hydrogen (secondary N) is 2. The maximum absolute atomic E-state index is 12.4. The number of urea groups is 1. The van der Waals surface area contributed by atoms with Gasteiger partial charge in [0.25, 0.3) is 5.91 Å². The molecule has 2 aromatic carbocycles. The number of carbonyl (C=O) groups is 3. The zero-order valence-electron chi connectivity index (χ0n) is 13.4. The van der Waals surface area contributed by atoms with Gasteiger partial charge in [0, 0.05) is 16.3 Å². The van der Waals surface area contributed by atoms with Crippen molar-refractivity contribution in [2.45, 2.75) is 0 Å². The Hall–Kier alpha value is -3.32. The van der Waals surface area contributed by atoms with Gasteiger partial charge in [-0.05, 0) is 36.4 Å². The van der Waals surface area contributed by atoms with Crippen molar-refractivity contribution in [1.82, 2.24) is 10.2 Å². The van der Waals surface area contributed by atoms with Crippen molar-refractivity contribution in [3.8, 4) is 5.75 Å². The number of amides is 4. The average Bonchev–Trinajstić information content (AvgIpc) is 2.86. The third-order valence-corrected chi connectivity index (χ3v) is 3.85. The fraction of sp³-hybridized carbons (Fsp3) is 0.0556. The van der Waals surface area contributed by atoms with Gasteiger partial charge in [-0.25, -0.2) is 9.69 Å². The molecule has 2 aromatic rings. The summed E-state index contributed by atoms with van der Waals surface area (Å²) in [6.45, 7) is -0.432. The minimum atomic E-state index is -0.717. The van der Waals surface area contributed by atoms with Crippen LogP contribution in [0.5, 0.6) is 5.75 Å². The van der Waals surface area contributed by atoms with E-state index in [1.54, 1.807) is 30.3 Å². The lowest BCUT2D eigenvalue weighted by atomic mass is 10.1. The quantitative estimate of drug-likeness (QED) is 0.568. The van der Waals surface area contributed by atoms with Gasteiger partial charge < -0.3 is 15.7 Å². The van der Waals surface area contributed by atoms with E-state index in [1.807, 2.05) is 0 Å².